The van der Waals surface area contributed by atoms with Gasteiger partial charge < -0.3 is 10.2 Å². The van der Waals surface area contributed by atoms with Crippen LogP contribution in [0.1, 0.15) is 25.8 Å². The van der Waals surface area contributed by atoms with Crippen LogP contribution < -0.4 is 10.2 Å². The summed E-state index contributed by atoms with van der Waals surface area (Å²) in [6.07, 6.45) is 2.71. The third-order valence-corrected chi connectivity index (χ3v) is 2.88. The number of hydrogen-bond donors (Lipinski definition) is 1. The van der Waals surface area contributed by atoms with E-state index in [0.717, 1.165) is 23.6 Å². The second kappa shape index (κ2) is 4.96. The minimum Gasteiger partial charge on any atom is -0.373 e. The van der Waals surface area contributed by atoms with Gasteiger partial charge in [-0.25, -0.2) is 9.97 Å². The lowest BCUT2D eigenvalue weighted by molar-refractivity contribution is 0.654. The molecule has 0 spiro atoms. The molecule has 0 aliphatic rings. The number of aromatic nitrogens is 2. The van der Waals surface area contributed by atoms with Gasteiger partial charge in [0.1, 0.15) is 18.0 Å². The first-order chi connectivity index (χ1) is 7.11. The molecule has 4 heteroatoms. The van der Waals surface area contributed by atoms with Gasteiger partial charge in [-0.2, -0.15) is 0 Å². The number of hydrogen-bond acceptors (Lipinski definition) is 4. The molecule has 1 unspecified atom stereocenters. The predicted molar refractivity (Wildman–Crippen MR) is 64.5 cm³/mol. The van der Waals surface area contributed by atoms with Gasteiger partial charge in [-0.15, -0.1) is 0 Å². The second-order valence-corrected chi connectivity index (χ2v) is 3.79. The Morgan fingerprint density at radius 2 is 2.13 bits per heavy atom. The zero-order chi connectivity index (χ0) is 11.4. The molecular weight excluding hydrogens is 188 g/mol. The third-order valence-electron chi connectivity index (χ3n) is 2.88. The minimum absolute atomic E-state index is 0.489. The largest absolute Gasteiger partial charge is 0.373 e. The number of anilines is 2. The van der Waals surface area contributed by atoms with Gasteiger partial charge in [-0.1, -0.05) is 6.92 Å². The van der Waals surface area contributed by atoms with Crippen LogP contribution in [0.15, 0.2) is 6.33 Å². The molecule has 0 amide bonds. The van der Waals surface area contributed by atoms with Crippen molar-refractivity contribution in [2.45, 2.75) is 33.2 Å². The fraction of sp³-hybridized carbons (Fsp3) is 0.636. The van der Waals surface area contributed by atoms with E-state index >= 15 is 0 Å². The molecule has 0 radical (unpaired) electrons. The maximum absolute atomic E-state index is 4.33. The Hall–Kier alpha value is -1.32. The molecule has 0 bridgehead atoms. The summed E-state index contributed by atoms with van der Waals surface area (Å²) in [5.74, 6) is 1.90. The van der Waals surface area contributed by atoms with E-state index in [1.54, 1.807) is 6.33 Å². The summed E-state index contributed by atoms with van der Waals surface area (Å²) in [6, 6.07) is 0.489. The van der Waals surface area contributed by atoms with Crippen molar-refractivity contribution in [3.05, 3.63) is 11.9 Å². The van der Waals surface area contributed by atoms with E-state index in [4.69, 9.17) is 0 Å². The Kier molecular flexibility index (Phi) is 3.88. The average molecular weight is 208 g/mol. The summed E-state index contributed by atoms with van der Waals surface area (Å²) in [7, 11) is 3.95. The fourth-order valence-electron chi connectivity index (χ4n) is 1.53. The number of nitrogens with one attached hydrogen (secondary N) is 1. The molecule has 1 heterocycles. The van der Waals surface area contributed by atoms with E-state index in [-0.39, 0.29) is 0 Å². The second-order valence-electron chi connectivity index (χ2n) is 3.79. The molecule has 0 saturated heterocycles. The summed E-state index contributed by atoms with van der Waals surface area (Å²) in [6.45, 7) is 6.41. The summed E-state index contributed by atoms with van der Waals surface area (Å²) in [5, 5.41) is 3.07. The first-order valence-corrected chi connectivity index (χ1v) is 5.34. The van der Waals surface area contributed by atoms with E-state index in [9.17, 15) is 0 Å². The highest BCUT2D eigenvalue weighted by atomic mass is 15.2. The van der Waals surface area contributed by atoms with Crippen LogP contribution in [0.2, 0.25) is 0 Å². The van der Waals surface area contributed by atoms with Crippen LogP contribution in [0.3, 0.4) is 0 Å². The van der Waals surface area contributed by atoms with Gasteiger partial charge in [-0.3, -0.25) is 0 Å². The third kappa shape index (κ3) is 2.37. The molecule has 4 nitrogen and oxygen atoms in total. The van der Waals surface area contributed by atoms with E-state index in [1.165, 1.54) is 0 Å². The monoisotopic (exact) mass is 208 g/mol. The van der Waals surface area contributed by atoms with Gasteiger partial charge in [0.25, 0.3) is 0 Å². The lowest BCUT2D eigenvalue weighted by Crippen LogP contribution is -2.29. The minimum atomic E-state index is 0.489. The van der Waals surface area contributed by atoms with Gasteiger partial charge in [0.15, 0.2) is 0 Å². The van der Waals surface area contributed by atoms with Crippen LogP contribution in [-0.2, 0) is 0 Å². The van der Waals surface area contributed by atoms with Crippen LogP contribution in [0.5, 0.6) is 0 Å². The highest BCUT2D eigenvalue weighted by molar-refractivity contribution is 5.57. The van der Waals surface area contributed by atoms with Crippen molar-refractivity contribution in [1.82, 2.24) is 9.97 Å². The maximum atomic E-state index is 4.33. The normalized spacial score (nSPS) is 12.3. The molecule has 0 fully saturated rings. The Labute approximate surface area is 91.7 Å². The lowest BCUT2D eigenvalue weighted by atomic mass is 10.2. The molecule has 0 aromatic carbocycles. The summed E-state index contributed by atoms with van der Waals surface area (Å²) in [4.78, 5) is 10.7. The van der Waals surface area contributed by atoms with Crippen LogP contribution in [-0.4, -0.2) is 30.1 Å². The molecule has 84 valence electrons. The number of rotatable bonds is 4. The van der Waals surface area contributed by atoms with E-state index < -0.39 is 0 Å². The molecule has 1 atom stereocenters. The van der Waals surface area contributed by atoms with Crippen molar-refractivity contribution < 1.29 is 0 Å². The molecule has 0 saturated carbocycles. The van der Waals surface area contributed by atoms with Crippen molar-refractivity contribution in [2.75, 3.05) is 24.3 Å². The summed E-state index contributed by atoms with van der Waals surface area (Å²) >= 11 is 0. The molecular formula is C11H20N4. The predicted octanol–water partition coefficient (Wildman–Crippen LogP) is 2.06. The van der Waals surface area contributed by atoms with Gasteiger partial charge in [0, 0.05) is 25.7 Å². The van der Waals surface area contributed by atoms with Gasteiger partial charge in [0.2, 0.25) is 0 Å². The zero-order valence-electron chi connectivity index (χ0n) is 10.2. The van der Waals surface area contributed by atoms with Crippen LogP contribution in [0, 0.1) is 6.92 Å². The highest BCUT2D eigenvalue weighted by Crippen LogP contribution is 2.22. The van der Waals surface area contributed by atoms with Crippen molar-refractivity contribution in [3.63, 3.8) is 0 Å². The molecule has 1 rings (SSSR count). The van der Waals surface area contributed by atoms with E-state index in [2.05, 4.69) is 41.1 Å². The quantitative estimate of drug-likeness (QED) is 0.822. The van der Waals surface area contributed by atoms with Gasteiger partial charge in [0.05, 0.1) is 0 Å². The summed E-state index contributed by atoms with van der Waals surface area (Å²) in [5.41, 5.74) is 1.10. The Balaban J connectivity index is 3.03. The van der Waals surface area contributed by atoms with Crippen molar-refractivity contribution >= 4 is 11.6 Å². The van der Waals surface area contributed by atoms with E-state index in [1.807, 2.05) is 14.0 Å². The van der Waals surface area contributed by atoms with Crippen LogP contribution in [0.25, 0.3) is 0 Å². The average Bonchev–Trinajstić information content (AvgIpc) is 2.27. The lowest BCUT2D eigenvalue weighted by Gasteiger charge is -2.26. The van der Waals surface area contributed by atoms with Crippen molar-refractivity contribution in [3.8, 4) is 0 Å². The fourth-order valence-corrected chi connectivity index (χ4v) is 1.53. The maximum Gasteiger partial charge on any atom is 0.137 e. The molecule has 0 aliphatic carbocycles. The number of nitrogens with zero attached hydrogens (tertiary/aromatic N) is 3. The Morgan fingerprint density at radius 1 is 1.47 bits per heavy atom. The zero-order valence-corrected chi connectivity index (χ0v) is 10.2. The molecule has 1 aromatic heterocycles. The van der Waals surface area contributed by atoms with Crippen molar-refractivity contribution in [2.24, 2.45) is 0 Å². The Morgan fingerprint density at radius 3 is 2.67 bits per heavy atom. The SMILES string of the molecule is CCC(C)N(C)c1ncnc(NC)c1C. The highest BCUT2D eigenvalue weighted by Gasteiger charge is 2.13. The van der Waals surface area contributed by atoms with Crippen LogP contribution >= 0.6 is 0 Å². The summed E-state index contributed by atoms with van der Waals surface area (Å²) < 4.78 is 0. The molecule has 1 aromatic rings. The first-order valence-electron chi connectivity index (χ1n) is 5.34. The van der Waals surface area contributed by atoms with Gasteiger partial charge >= 0.3 is 0 Å². The molecule has 15 heavy (non-hydrogen) atoms. The Bertz CT molecular complexity index is 324. The molecule has 0 aliphatic heterocycles. The van der Waals surface area contributed by atoms with Gasteiger partial charge in [-0.05, 0) is 20.3 Å². The van der Waals surface area contributed by atoms with Crippen molar-refractivity contribution in [1.29, 1.82) is 0 Å². The smallest absolute Gasteiger partial charge is 0.137 e. The van der Waals surface area contributed by atoms with Crippen LogP contribution in [0.4, 0.5) is 11.6 Å². The first kappa shape index (κ1) is 11.8. The van der Waals surface area contributed by atoms with E-state index in [0.29, 0.717) is 6.04 Å². The molecule has 1 N–H and O–H groups in total. The standard InChI is InChI=1S/C11H20N4/c1-6-8(2)15(5)11-9(3)10(12-4)13-7-14-11/h7-8H,6H2,1-5H3,(H,12,13,14). The topological polar surface area (TPSA) is 41.1 Å².